The van der Waals surface area contributed by atoms with Gasteiger partial charge in [-0.05, 0) is 44.1 Å². The summed E-state index contributed by atoms with van der Waals surface area (Å²) in [5.41, 5.74) is 4.93. The van der Waals surface area contributed by atoms with Crippen LogP contribution in [0, 0.1) is 11.8 Å². The van der Waals surface area contributed by atoms with Crippen molar-refractivity contribution in [1.29, 1.82) is 0 Å². The Morgan fingerprint density at radius 1 is 1.43 bits per heavy atom. The molecule has 0 heterocycles. The van der Waals surface area contributed by atoms with Crippen LogP contribution < -0.4 is 11.1 Å². The Kier molecular flexibility index (Phi) is 8.27. The quantitative estimate of drug-likeness (QED) is 0.612. The summed E-state index contributed by atoms with van der Waals surface area (Å²) in [6, 6.07) is 0. The zero-order chi connectivity index (χ0) is 15.7. The second-order valence-corrected chi connectivity index (χ2v) is 6.97. The van der Waals surface area contributed by atoms with Crippen LogP contribution in [0.2, 0.25) is 0 Å². The van der Waals surface area contributed by atoms with Gasteiger partial charge in [0.05, 0.1) is 5.60 Å². The van der Waals surface area contributed by atoms with Gasteiger partial charge in [-0.15, -0.1) is 0 Å². The molecule has 0 spiro atoms. The first-order valence-electron chi connectivity index (χ1n) is 8.68. The fourth-order valence-corrected chi connectivity index (χ4v) is 3.56. The fourth-order valence-electron chi connectivity index (χ4n) is 3.56. The van der Waals surface area contributed by atoms with Gasteiger partial charge in [-0.1, -0.05) is 39.5 Å². The van der Waals surface area contributed by atoms with E-state index in [1.807, 2.05) is 0 Å². The lowest BCUT2D eigenvalue weighted by atomic mass is 9.79. The first-order chi connectivity index (χ1) is 9.99. The number of nitrogens with two attached hydrogens (primary N) is 1. The van der Waals surface area contributed by atoms with Gasteiger partial charge in [0.2, 0.25) is 5.91 Å². The van der Waals surface area contributed by atoms with E-state index in [4.69, 9.17) is 5.73 Å². The SMILES string of the molecule is CCCC(CCN)CCC(=O)NCC1(O)CCCC(C)C1. The van der Waals surface area contributed by atoms with Gasteiger partial charge in [-0.25, -0.2) is 0 Å². The van der Waals surface area contributed by atoms with Crippen molar-refractivity contribution >= 4 is 5.91 Å². The number of amides is 1. The van der Waals surface area contributed by atoms with Gasteiger partial charge in [0.25, 0.3) is 0 Å². The zero-order valence-corrected chi connectivity index (χ0v) is 13.9. The molecule has 21 heavy (non-hydrogen) atoms. The third-order valence-electron chi connectivity index (χ3n) is 4.73. The minimum Gasteiger partial charge on any atom is -0.388 e. The molecule has 4 N–H and O–H groups in total. The second kappa shape index (κ2) is 9.42. The van der Waals surface area contributed by atoms with Crippen LogP contribution in [-0.2, 0) is 4.79 Å². The summed E-state index contributed by atoms with van der Waals surface area (Å²) >= 11 is 0. The van der Waals surface area contributed by atoms with Gasteiger partial charge < -0.3 is 16.2 Å². The lowest BCUT2D eigenvalue weighted by Gasteiger charge is -2.35. The average molecular weight is 298 g/mol. The monoisotopic (exact) mass is 298 g/mol. The van der Waals surface area contributed by atoms with Crippen molar-refractivity contribution in [2.45, 2.75) is 77.2 Å². The molecule has 124 valence electrons. The summed E-state index contributed by atoms with van der Waals surface area (Å²) in [5, 5.41) is 13.4. The van der Waals surface area contributed by atoms with Crippen molar-refractivity contribution in [1.82, 2.24) is 5.32 Å². The summed E-state index contributed by atoms with van der Waals surface area (Å²) in [5.74, 6) is 1.18. The maximum absolute atomic E-state index is 12.0. The minimum atomic E-state index is -0.687. The van der Waals surface area contributed by atoms with Crippen LogP contribution in [0.5, 0.6) is 0 Å². The van der Waals surface area contributed by atoms with Crippen LogP contribution in [-0.4, -0.2) is 29.7 Å². The highest BCUT2D eigenvalue weighted by Crippen LogP contribution is 2.31. The molecule has 0 aromatic carbocycles. The van der Waals surface area contributed by atoms with Gasteiger partial charge in [-0.2, -0.15) is 0 Å². The van der Waals surface area contributed by atoms with E-state index in [0.717, 1.165) is 44.9 Å². The molecule has 0 aromatic heterocycles. The molecular formula is C17H34N2O2. The third-order valence-corrected chi connectivity index (χ3v) is 4.73. The molecule has 0 aromatic rings. The van der Waals surface area contributed by atoms with E-state index in [2.05, 4.69) is 19.2 Å². The van der Waals surface area contributed by atoms with E-state index in [1.165, 1.54) is 6.42 Å². The first-order valence-corrected chi connectivity index (χ1v) is 8.68. The summed E-state index contributed by atoms with van der Waals surface area (Å²) < 4.78 is 0. The van der Waals surface area contributed by atoms with Gasteiger partial charge in [0.15, 0.2) is 0 Å². The molecule has 3 atom stereocenters. The molecular weight excluding hydrogens is 264 g/mol. The number of carbonyl (C=O) groups is 1. The van der Waals surface area contributed by atoms with Crippen molar-refractivity contribution in [2.75, 3.05) is 13.1 Å². The average Bonchev–Trinajstić information content (AvgIpc) is 2.43. The lowest BCUT2D eigenvalue weighted by Crippen LogP contribution is -2.45. The van der Waals surface area contributed by atoms with Gasteiger partial charge in [0, 0.05) is 13.0 Å². The Morgan fingerprint density at radius 3 is 2.81 bits per heavy atom. The predicted octanol–water partition coefficient (Wildman–Crippen LogP) is 2.59. The maximum Gasteiger partial charge on any atom is 0.220 e. The van der Waals surface area contributed by atoms with Crippen LogP contribution in [0.25, 0.3) is 0 Å². The molecule has 1 saturated carbocycles. The Balaban J connectivity index is 2.26. The Morgan fingerprint density at radius 2 is 2.19 bits per heavy atom. The number of hydrogen-bond acceptors (Lipinski definition) is 3. The highest BCUT2D eigenvalue weighted by atomic mass is 16.3. The highest BCUT2D eigenvalue weighted by molar-refractivity contribution is 5.75. The van der Waals surface area contributed by atoms with E-state index in [9.17, 15) is 9.90 Å². The van der Waals surface area contributed by atoms with Crippen LogP contribution >= 0.6 is 0 Å². The van der Waals surface area contributed by atoms with Gasteiger partial charge >= 0.3 is 0 Å². The van der Waals surface area contributed by atoms with E-state index < -0.39 is 5.60 Å². The van der Waals surface area contributed by atoms with Crippen molar-refractivity contribution < 1.29 is 9.90 Å². The number of aliphatic hydroxyl groups is 1. The number of nitrogens with one attached hydrogen (secondary N) is 1. The van der Waals surface area contributed by atoms with Crippen molar-refractivity contribution in [3.63, 3.8) is 0 Å². The molecule has 1 amide bonds. The molecule has 1 aliphatic rings. The zero-order valence-electron chi connectivity index (χ0n) is 13.9. The normalized spacial score (nSPS) is 27.3. The van der Waals surface area contributed by atoms with Crippen LogP contribution in [0.15, 0.2) is 0 Å². The fraction of sp³-hybridized carbons (Fsp3) is 0.941. The van der Waals surface area contributed by atoms with Crippen molar-refractivity contribution in [3.05, 3.63) is 0 Å². The van der Waals surface area contributed by atoms with Crippen molar-refractivity contribution in [2.24, 2.45) is 17.6 Å². The Hall–Kier alpha value is -0.610. The summed E-state index contributed by atoms with van der Waals surface area (Å²) in [6.07, 6.45) is 8.61. The minimum absolute atomic E-state index is 0.0692. The van der Waals surface area contributed by atoms with E-state index in [1.54, 1.807) is 0 Å². The molecule has 3 unspecified atom stereocenters. The third kappa shape index (κ3) is 7.28. The van der Waals surface area contributed by atoms with Crippen LogP contribution in [0.3, 0.4) is 0 Å². The summed E-state index contributed by atoms with van der Waals surface area (Å²) in [4.78, 5) is 12.0. The molecule has 0 bridgehead atoms. The first kappa shape index (κ1) is 18.4. The van der Waals surface area contributed by atoms with E-state index in [0.29, 0.717) is 31.3 Å². The molecule has 0 aliphatic heterocycles. The van der Waals surface area contributed by atoms with E-state index in [-0.39, 0.29) is 5.91 Å². The number of hydrogen-bond donors (Lipinski definition) is 3. The highest BCUT2D eigenvalue weighted by Gasteiger charge is 2.32. The molecule has 1 fully saturated rings. The molecule has 0 saturated heterocycles. The molecule has 0 radical (unpaired) electrons. The number of carbonyl (C=O) groups excluding carboxylic acids is 1. The largest absolute Gasteiger partial charge is 0.388 e. The molecule has 1 rings (SSSR count). The molecule has 4 nitrogen and oxygen atoms in total. The standard InChI is InChI=1S/C17H34N2O2/c1-3-5-15(9-11-18)7-8-16(20)19-13-17(21)10-4-6-14(2)12-17/h14-15,21H,3-13,18H2,1-2H3,(H,19,20). The predicted molar refractivity (Wildman–Crippen MR) is 86.9 cm³/mol. The van der Waals surface area contributed by atoms with E-state index >= 15 is 0 Å². The summed E-state index contributed by atoms with van der Waals surface area (Å²) in [7, 11) is 0. The number of rotatable bonds is 9. The molecule has 4 heteroatoms. The topological polar surface area (TPSA) is 75.4 Å². The Labute approximate surface area is 129 Å². The van der Waals surface area contributed by atoms with Gasteiger partial charge in [0.1, 0.15) is 0 Å². The molecule has 1 aliphatic carbocycles. The van der Waals surface area contributed by atoms with Gasteiger partial charge in [-0.3, -0.25) is 4.79 Å². The van der Waals surface area contributed by atoms with Crippen LogP contribution in [0.1, 0.15) is 71.6 Å². The van der Waals surface area contributed by atoms with Crippen molar-refractivity contribution in [3.8, 4) is 0 Å². The maximum atomic E-state index is 12.0. The second-order valence-electron chi connectivity index (χ2n) is 6.97. The van der Waals surface area contributed by atoms with Crippen LogP contribution in [0.4, 0.5) is 0 Å². The smallest absolute Gasteiger partial charge is 0.220 e. The lowest BCUT2D eigenvalue weighted by molar-refractivity contribution is -0.123. The summed E-state index contributed by atoms with van der Waals surface area (Å²) in [6.45, 7) is 5.45. The Bertz CT molecular complexity index is 303.